The standard InChI is InChI=1S/C16H20N4O3S/c1-22-15-13(16(23-2)19-10-18-15)14(21)17-5-7-20-6-3-12-11(9-20)4-8-24-12/h4,8,10H,3,5-7,9H2,1-2H3,(H,17,21). The molecule has 24 heavy (non-hydrogen) atoms. The molecule has 0 aliphatic carbocycles. The van der Waals surface area contributed by atoms with E-state index in [0.717, 1.165) is 26.1 Å². The Bertz CT molecular complexity index is 697. The van der Waals surface area contributed by atoms with Gasteiger partial charge in [0, 0.05) is 31.1 Å². The molecule has 0 radical (unpaired) electrons. The molecule has 0 saturated carbocycles. The molecule has 0 fully saturated rings. The van der Waals surface area contributed by atoms with Gasteiger partial charge in [-0.25, -0.2) is 9.97 Å². The van der Waals surface area contributed by atoms with Gasteiger partial charge in [-0.3, -0.25) is 9.69 Å². The smallest absolute Gasteiger partial charge is 0.262 e. The number of ether oxygens (including phenoxy) is 2. The molecule has 1 aliphatic rings. The highest BCUT2D eigenvalue weighted by atomic mass is 32.1. The van der Waals surface area contributed by atoms with Crippen LogP contribution in [0.2, 0.25) is 0 Å². The van der Waals surface area contributed by atoms with Crippen molar-refractivity contribution in [3.63, 3.8) is 0 Å². The van der Waals surface area contributed by atoms with E-state index in [1.807, 2.05) is 11.3 Å². The number of methoxy groups -OCH3 is 2. The van der Waals surface area contributed by atoms with Gasteiger partial charge in [0.25, 0.3) is 5.91 Å². The van der Waals surface area contributed by atoms with Crippen molar-refractivity contribution < 1.29 is 14.3 Å². The molecule has 8 heteroatoms. The fourth-order valence-electron chi connectivity index (χ4n) is 2.77. The fourth-order valence-corrected chi connectivity index (χ4v) is 3.66. The van der Waals surface area contributed by atoms with Gasteiger partial charge in [-0.1, -0.05) is 0 Å². The number of rotatable bonds is 6. The summed E-state index contributed by atoms with van der Waals surface area (Å²) in [6.45, 7) is 3.29. The topological polar surface area (TPSA) is 76.6 Å². The van der Waals surface area contributed by atoms with E-state index in [2.05, 4.69) is 31.6 Å². The molecule has 0 aromatic carbocycles. The zero-order valence-electron chi connectivity index (χ0n) is 13.7. The Kier molecular flexibility index (Phi) is 5.27. The number of fused-ring (bicyclic) bond motifs is 1. The Morgan fingerprint density at radius 2 is 2.08 bits per heavy atom. The number of hydrogen-bond donors (Lipinski definition) is 1. The third-order valence-electron chi connectivity index (χ3n) is 3.99. The maximum Gasteiger partial charge on any atom is 0.262 e. The lowest BCUT2D eigenvalue weighted by Crippen LogP contribution is -2.37. The van der Waals surface area contributed by atoms with Crippen molar-refractivity contribution in [3.05, 3.63) is 33.8 Å². The average Bonchev–Trinajstić information content (AvgIpc) is 3.08. The second-order valence-electron chi connectivity index (χ2n) is 5.42. The van der Waals surface area contributed by atoms with Crippen LogP contribution >= 0.6 is 11.3 Å². The van der Waals surface area contributed by atoms with Crippen LogP contribution in [-0.4, -0.2) is 54.6 Å². The molecule has 2 aromatic heterocycles. The Hall–Kier alpha value is -2.19. The number of carbonyl (C=O) groups excluding carboxylic acids is 1. The van der Waals surface area contributed by atoms with Gasteiger partial charge in [0.1, 0.15) is 6.33 Å². The molecular formula is C16H20N4O3S. The Morgan fingerprint density at radius 3 is 2.79 bits per heavy atom. The summed E-state index contributed by atoms with van der Waals surface area (Å²) in [5.74, 6) is 0.123. The van der Waals surface area contributed by atoms with Crippen molar-refractivity contribution in [1.82, 2.24) is 20.2 Å². The van der Waals surface area contributed by atoms with Crippen LogP contribution in [0.4, 0.5) is 0 Å². The second-order valence-corrected chi connectivity index (χ2v) is 6.42. The average molecular weight is 348 g/mol. The first kappa shape index (κ1) is 16.7. The van der Waals surface area contributed by atoms with Gasteiger partial charge in [-0.15, -0.1) is 11.3 Å². The van der Waals surface area contributed by atoms with E-state index in [0.29, 0.717) is 6.54 Å². The van der Waals surface area contributed by atoms with E-state index in [-0.39, 0.29) is 23.2 Å². The summed E-state index contributed by atoms with van der Waals surface area (Å²) in [6.07, 6.45) is 2.38. The van der Waals surface area contributed by atoms with Gasteiger partial charge in [0.15, 0.2) is 5.56 Å². The van der Waals surface area contributed by atoms with Crippen LogP contribution in [0.5, 0.6) is 11.8 Å². The van der Waals surface area contributed by atoms with Gasteiger partial charge < -0.3 is 14.8 Å². The summed E-state index contributed by atoms with van der Waals surface area (Å²) >= 11 is 1.82. The molecule has 0 unspecified atom stereocenters. The van der Waals surface area contributed by atoms with E-state index in [1.165, 1.54) is 31.0 Å². The zero-order chi connectivity index (χ0) is 16.9. The lowest BCUT2D eigenvalue weighted by atomic mass is 10.1. The summed E-state index contributed by atoms with van der Waals surface area (Å²) < 4.78 is 10.3. The van der Waals surface area contributed by atoms with Crippen LogP contribution in [0.1, 0.15) is 20.8 Å². The fraction of sp³-hybridized carbons (Fsp3) is 0.438. The number of hydrogen-bond acceptors (Lipinski definition) is 7. The van der Waals surface area contributed by atoms with Gasteiger partial charge in [0.2, 0.25) is 11.8 Å². The first-order valence-electron chi connectivity index (χ1n) is 7.71. The summed E-state index contributed by atoms with van der Waals surface area (Å²) in [7, 11) is 2.93. The number of carbonyl (C=O) groups is 1. The molecule has 3 rings (SSSR count). The highest BCUT2D eigenvalue weighted by Crippen LogP contribution is 2.24. The molecule has 2 aromatic rings. The Labute approximate surface area is 144 Å². The van der Waals surface area contributed by atoms with Crippen LogP contribution in [0.15, 0.2) is 17.8 Å². The predicted molar refractivity (Wildman–Crippen MR) is 90.8 cm³/mol. The van der Waals surface area contributed by atoms with Gasteiger partial charge in [-0.05, 0) is 23.4 Å². The number of nitrogens with one attached hydrogen (secondary N) is 1. The Balaban J connectivity index is 1.57. The van der Waals surface area contributed by atoms with Crippen molar-refractivity contribution in [3.8, 4) is 11.8 Å². The maximum absolute atomic E-state index is 12.4. The minimum absolute atomic E-state index is 0.209. The zero-order valence-corrected chi connectivity index (χ0v) is 14.6. The van der Waals surface area contributed by atoms with Crippen LogP contribution < -0.4 is 14.8 Å². The van der Waals surface area contributed by atoms with Crippen molar-refractivity contribution in [2.45, 2.75) is 13.0 Å². The third-order valence-corrected chi connectivity index (χ3v) is 5.01. The lowest BCUT2D eigenvalue weighted by Gasteiger charge is -2.26. The van der Waals surface area contributed by atoms with Crippen molar-refractivity contribution in [1.29, 1.82) is 0 Å². The first-order chi connectivity index (χ1) is 11.7. The minimum Gasteiger partial charge on any atom is -0.480 e. The van der Waals surface area contributed by atoms with E-state index < -0.39 is 0 Å². The van der Waals surface area contributed by atoms with E-state index in [4.69, 9.17) is 9.47 Å². The molecule has 0 spiro atoms. The van der Waals surface area contributed by atoms with Crippen molar-refractivity contribution in [2.24, 2.45) is 0 Å². The van der Waals surface area contributed by atoms with Gasteiger partial charge >= 0.3 is 0 Å². The number of thiophene rings is 1. The summed E-state index contributed by atoms with van der Waals surface area (Å²) in [6, 6.07) is 2.18. The molecule has 0 bridgehead atoms. The van der Waals surface area contributed by atoms with Crippen molar-refractivity contribution in [2.75, 3.05) is 33.9 Å². The molecule has 128 valence electrons. The van der Waals surface area contributed by atoms with E-state index in [9.17, 15) is 4.79 Å². The maximum atomic E-state index is 12.4. The lowest BCUT2D eigenvalue weighted by molar-refractivity contribution is 0.0939. The highest BCUT2D eigenvalue weighted by molar-refractivity contribution is 7.10. The quantitative estimate of drug-likeness (QED) is 0.849. The molecule has 1 aliphatic heterocycles. The molecule has 0 atom stereocenters. The summed E-state index contributed by atoms with van der Waals surface area (Å²) in [5, 5.41) is 5.04. The first-order valence-corrected chi connectivity index (χ1v) is 8.59. The highest BCUT2D eigenvalue weighted by Gasteiger charge is 2.21. The minimum atomic E-state index is -0.294. The molecule has 1 amide bonds. The predicted octanol–water partition coefficient (Wildman–Crippen LogP) is 1.34. The molecule has 7 nitrogen and oxygen atoms in total. The van der Waals surface area contributed by atoms with Gasteiger partial charge in [-0.2, -0.15) is 0 Å². The van der Waals surface area contributed by atoms with Gasteiger partial charge in [0.05, 0.1) is 14.2 Å². The SMILES string of the molecule is COc1ncnc(OC)c1C(=O)NCCN1CCc2sccc2C1. The third kappa shape index (κ3) is 3.49. The summed E-state index contributed by atoms with van der Waals surface area (Å²) in [4.78, 5) is 24.2. The number of amides is 1. The van der Waals surface area contributed by atoms with E-state index >= 15 is 0 Å². The van der Waals surface area contributed by atoms with Crippen molar-refractivity contribution >= 4 is 17.2 Å². The van der Waals surface area contributed by atoms with E-state index in [1.54, 1.807) is 0 Å². The molecular weight excluding hydrogens is 328 g/mol. The van der Waals surface area contributed by atoms with Crippen LogP contribution in [0.3, 0.4) is 0 Å². The largest absolute Gasteiger partial charge is 0.480 e. The molecule has 0 saturated heterocycles. The summed E-state index contributed by atoms with van der Waals surface area (Å²) in [5.41, 5.74) is 1.62. The number of nitrogens with zero attached hydrogens (tertiary/aromatic N) is 3. The number of aromatic nitrogens is 2. The van der Waals surface area contributed by atoms with Crippen LogP contribution in [0.25, 0.3) is 0 Å². The Morgan fingerprint density at radius 1 is 1.33 bits per heavy atom. The monoisotopic (exact) mass is 348 g/mol. The molecule has 1 N–H and O–H groups in total. The van der Waals surface area contributed by atoms with Crippen LogP contribution in [-0.2, 0) is 13.0 Å². The normalized spacial score (nSPS) is 14.1. The second kappa shape index (κ2) is 7.59. The van der Waals surface area contributed by atoms with Crippen LogP contribution in [0, 0.1) is 0 Å². The molecule has 3 heterocycles.